The highest BCUT2D eigenvalue weighted by molar-refractivity contribution is 9.10. The van der Waals surface area contributed by atoms with Crippen molar-refractivity contribution in [2.24, 2.45) is 0 Å². The number of hydrogen-bond acceptors (Lipinski definition) is 3. The summed E-state index contributed by atoms with van der Waals surface area (Å²) in [6.07, 6.45) is 13.9. The van der Waals surface area contributed by atoms with Gasteiger partial charge < -0.3 is 10.1 Å². The molecule has 0 aromatic heterocycles. The highest BCUT2D eigenvalue weighted by Crippen LogP contribution is 2.39. The van der Waals surface area contributed by atoms with Gasteiger partial charge >= 0.3 is 0 Å². The summed E-state index contributed by atoms with van der Waals surface area (Å²) in [6.45, 7) is 4.72. The average Bonchev–Trinajstić information content (AvgIpc) is 3.02. The minimum Gasteiger partial charge on any atom is -0.364 e. The Kier molecular flexibility index (Phi) is 13.4. The summed E-state index contributed by atoms with van der Waals surface area (Å²) in [6, 6.07) is 41.9. The molecule has 3 nitrogen and oxygen atoms in total. The maximum Gasteiger partial charge on any atom is 0.143 e. The Bertz CT molecular complexity index is 1160. The van der Waals surface area contributed by atoms with Crippen molar-refractivity contribution in [3.63, 3.8) is 0 Å². The van der Waals surface area contributed by atoms with Crippen molar-refractivity contribution >= 4 is 15.9 Å². The lowest BCUT2D eigenvalue weighted by atomic mass is 9.80. The molecule has 206 valence electrons. The maximum atomic E-state index is 6.10. The monoisotopic (exact) mass is 594 g/mol. The smallest absolute Gasteiger partial charge is 0.143 e. The third-order valence-corrected chi connectivity index (χ3v) is 7.52. The summed E-state index contributed by atoms with van der Waals surface area (Å²) in [5.41, 5.74) is 2.81. The van der Waals surface area contributed by atoms with Crippen LogP contribution in [0.15, 0.2) is 138 Å². The van der Waals surface area contributed by atoms with Gasteiger partial charge in [0.05, 0.1) is 0 Å². The zero-order valence-corrected chi connectivity index (χ0v) is 24.8. The van der Waals surface area contributed by atoms with Crippen LogP contribution < -0.4 is 5.32 Å². The molecule has 4 aromatic rings. The average molecular weight is 596 g/mol. The second-order valence-electron chi connectivity index (χ2n) is 9.35. The van der Waals surface area contributed by atoms with Gasteiger partial charge in [0.1, 0.15) is 5.60 Å². The Morgan fingerprint density at radius 2 is 1.18 bits per heavy atom. The van der Waals surface area contributed by atoms with E-state index in [0.717, 1.165) is 33.7 Å². The summed E-state index contributed by atoms with van der Waals surface area (Å²) in [7, 11) is 1.77. The molecule has 0 aliphatic carbocycles. The summed E-state index contributed by atoms with van der Waals surface area (Å²) < 4.78 is 7.23. The molecule has 0 unspecified atom stereocenters. The number of rotatable bonds is 4. The van der Waals surface area contributed by atoms with Crippen LogP contribution in [0.25, 0.3) is 0 Å². The molecular formula is C36H39BrN2O. The predicted octanol–water partition coefficient (Wildman–Crippen LogP) is 7.54. The van der Waals surface area contributed by atoms with Crippen molar-refractivity contribution < 1.29 is 4.74 Å². The Morgan fingerprint density at radius 1 is 0.725 bits per heavy atom. The minimum atomic E-state index is -0.580. The highest BCUT2D eigenvalue weighted by Gasteiger charge is 2.36. The highest BCUT2D eigenvalue weighted by atomic mass is 79.9. The van der Waals surface area contributed by atoms with E-state index < -0.39 is 5.60 Å². The normalized spacial score (nSPS) is 16.8. The van der Waals surface area contributed by atoms with E-state index in [1.807, 2.05) is 48.5 Å². The first-order valence-corrected chi connectivity index (χ1v) is 14.4. The van der Waals surface area contributed by atoms with Crippen LogP contribution in [0.3, 0.4) is 0 Å². The number of benzene rings is 4. The van der Waals surface area contributed by atoms with Gasteiger partial charge in [0.25, 0.3) is 0 Å². The molecule has 0 radical (unpaired) electrons. The number of hydrogen-bond donors (Lipinski definition) is 1. The lowest BCUT2D eigenvalue weighted by molar-refractivity contribution is 0.0585. The van der Waals surface area contributed by atoms with Crippen LogP contribution in [0, 0.1) is 12.8 Å². The SMILES string of the molecule is Brc1ccccc1.C#C.C1=C\CN2CC[C@@H]2CNC/1.COC(c1ccccc1)(c1ccccc1)c1ccccc1. The van der Waals surface area contributed by atoms with Gasteiger partial charge in [-0.3, -0.25) is 4.90 Å². The van der Waals surface area contributed by atoms with Crippen molar-refractivity contribution in [2.75, 3.05) is 33.3 Å². The van der Waals surface area contributed by atoms with E-state index in [-0.39, 0.29) is 0 Å². The van der Waals surface area contributed by atoms with E-state index in [0.29, 0.717) is 0 Å². The first-order valence-electron chi connectivity index (χ1n) is 13.6. The van der Waals surface area contributed by atoms with E-state index in [1.54, 1.807) is 7.11 Å². The van der Waals surface area contributed by atoms with Crippen molar-refractivity contribution in [1.82, 2.24) is 10.2 Å². The third kappa shape index (κ3) is 8.52. The van der Waals surface area contributed by atoms with E-state index in [9.17, 15) is 0 Å². The Balaban J connectivity index is 0.000000191. The molecule has 0 bridgehead atoms. The van der Waals surface area contributed by atoms with E-state index in [4.69, 9.17) is 4.74 Å². The lowest BCUT2D eigenvalue weighted by Gasteiger charge is -2.41. The number of ether oxygens (including phenoxy) is 1. The molecule has 0 saturated carbocycles. The van der Waals surface area contributed by atoms with E-state index >= 15 is 0 Å². The van der Waals surface area contributed by atoms with E-state index in [1.165, 1.54) is 26.1 Å². The fraction of sp³-hybridized carbons (Fsp3) is 0.222. The Labute approximate surface area is 249 Å². The summed E-state index contributed by atoms with van der Waals surface area (Å²) in [4.78, 5) is 2.52. The number of terminal acetylenes is 1. The largest absolute Gasteiger partial charge is 0.364 e. The van der Waals surface area contributed by atoms with Crippen LogP contribution in [0.4, 0.5) is 0 Å². The van der Waals surface area contributed by atoms with Gasteiger partial charge in [-0.15, -0.1) is 12.8 Å². The lowest BCUT2D eigenvalue weighted by Crippen LogP contribution is -2.53. The molecule has 6 rings (SSSR count). The number of methoxy groups -OCH3 is 1. The fourth-order valence-electron chi connectivity index (χ4n) is 4.88. The zero-order chi connectivity index (χ0) is 28.5. The van der Waals surface area contributed by atoms with Gasteiger partial charge in [-0.2, -0.15) is 0 Å². The Hall–Kier alpha value is -3.46. The number of fused-ring (bicyclic) bond motifs is 1. The standard InChI is InChI=1S/C20H18O.C8H14N2.C6H5Br.C2H2/c1-21-20(17-11-5-2-6-12-17,18-13-7-3-8-14-18)19-15-9-4-10-16-19;1-2-5-10-6-3-8(10)7-9-4-1;7-6-4-2-1-3-5-6;1-2/h2-16H,1H3;1-2,8-9H,3-7H2;1-5H;1-2H/b;2-1-;;/t;8-;;/m.1../s1. The predicted molar refractivity (Wildman–Crippen MR) is 172 cm³/mol. The molecule has 1 N–H and O–H groups in total. The van der Waals surface area contributed by atoms with Crippen LogP contribution in [-0.4, -0.2) is 44.2 Å². The van der Waals surface area contributed by atoms with Crippen molar-refractivity contribution in [3.05, 3.63) is 155 Å². The van der Waals surface area contributed by atoms with Crippen LogP contribution in [0.2, 0.25) is 0 Å². The molecule has 4 heteroatoms. The first kappa shape index (κ1) is 31.1. The molecule has 0 amide bonds. The van der Waals surface area contributed by atoms with Crippen LogP contribution in [0.1, 0.15) is 23.1 Å². The minimum absolute atomic E-state index is 0.580. The van der Waals surface area contributed by atoms with Gasteiger partial charge in [-0.1, -0.05) is 137 Å². The maximum absolute atomic E-state index is 6.10. The molecule has 1 atom stereocenters. The van der Waals surface area contributed by atoms with Gasteiger partial charge in [0.2, 0.25) is 0 Å². The van der Waals surface area contributed by atoms with Crippen LogP contribution >= 0.6 is 15.9 Å². The fourth-order valence-corrected chi connectivity index (χ4v) is 5.18. The molecule has 1 fully saturated rings. The number of nitrogens with zero attached hydrogens (tertiary/aromatic N) is 1. The third-order valence-electron chi connectivity index (χ3n) is 6.99. The van der Waals surface area contributed by atoms with Gasteiger partial charge in [-0.25, -0.2) is 0 Å². The van der Waals surface area contributed by atoms with Crippen LogP contribution in [-0.2, 0) is 10.3 Å². The van der Waals surface area contributed by atoms with Gasteiger partial charge in [0, 0.05) is 43.8 Å². The number of nitrogens with one attached hydrogen (secondary N) is 1. The van der Waals surface area contributed by atoms with Crippen LogP contribution in [0.5, 0.6) is 0 Å². The number of halogens is 1. The molecule has 1 saturated heterocycles. The van der Waals surface area contributed by atoms with Crippen molar-refractivity contribution in [1.29, 1.82) is 0 Å². The zero-order valence-electron chi connectivity index (χ0n) is 23.2. The summed E-state index contributed by atoms with van der Waals surface area (Å²) in [5, 5.41) is 3.39. The molecular weight excluding hydrogens is 556 g/mol. The quantitative estimate of drug-likeness (QED) is 0.150. The molecule has 2 heterocycles. The molecule has 2 aliphatic rings. The van der Waals surface area contributed by atoms with Gasteiger partial charge in [-0.05, 0) is 35.2 Å². The second-order valence-corrected chi connectivity index (χ2v) is 10.3. The molecule has 2 aliphatic heterocycles. The summed E-state index contributed by atoms with van der Waals surface area (Å²) >= 11 is 3.31. The molecule has 0 spiro atoms. The second kappa shape index (κ2) is 17.3. The Morgan fingerprint density at radius 3 is 1.52 bits per heavy atom. The van der Waals surface area contributed by atoms with Crippen molar-refractivity contribution in [2.45, 2.75) is 18.1 Å². The van der Waals surface area contributed by atoms with E-state index in [2.05, 4.69) is 124 Å². The van der Waals surface area contributed by atoms with Gasteiger partial charge in [0.15, 0.2) is 0 Å². The summed E-state index contributed by atoms with van der Waals surface area (Å²) in [5.74, 6) is 0. The molecule has 40 heavy (non-hydrogen) atoms. The first-order chi connectivity index (χ1) is 19.7. The molecule has 4 aromatic carbocycles. The topological polar surface area (TPSA) is 24.5 Å². The van der Waals surface area contributed by atoms with Crippen molar-refractivity contribution in [3.8, 4) is 12.8 Å².